The lowest BCUT2D eigenvalue weighted by atomic mass is 10.2. The van der Waals surface area contributed by atoms with E-state index in [4.69, 9.17) is 0 Å². The molecule has 0 unspecified atom stereocenters. The number of amides is 3. The van der Waals surface area contributed by atoms with E-state index >= 15 is 0 Å². The van der Waals surface area contributed by atoms with Gasteiger partial charge < -0.3 is 21.3 Å². The number of carbonyl (C=O) groups is 2. The molecule has 0 bridgehead atoms. The molecule has 1 rings (SSSR count). The molecule has 7 heteroatoms. The Morgan fingerprint density at radius 3 is 2.35 bits per heavy atom. The Labute approximate surface area is 144 Å². The number of hydrogen-bond acceptors (Lipinski definition) is 3. The van der Waals surface area contributed by atoms with Crippen molar-refractivity contribution in [3.8, 4) is 0 Å². The predicted octanol–water partition coefficient (Wildman–Crippen LogP) is 2.25. The van der Waals surface area contributed by atoms with Crippen molar-refractivity contribution in [1.82, 2.24) is 16.0 Å². The highest BCUT2D eigenvalue weighted by molar-refractivity contribution is 5.89. The molecule has 0 spiro atoms. The molecule has 0 aliphatic heterocycles. The number of carbonyl (C=O) groups excluding carboxylic acids is 2. The molecule has 23 heavy (non-hydrogen) atoms. The number of nitrogens with one attached hydrogen (secondary N) is 4. The molecular formula is C16H27ClN4O2. The highest BCUT2D eigenvalue weighted by Gasteiger charge is 2.04. The molecule has 4 N–H and O–H groups in total. The molecular weight excluding hydrogens is 316 g/mol. The van der Waals surface area contributed by atoms with Gasteiger partial charge in [-0.2, -0.15) is 0 Å². The monoisotopic (exact) mass is 342 g/mol. The first-order valence-corrected chi connectivity index (χ1v) is 7.59. The summed E-state index contributed by atoms with van der Waals surface area (Å²) in [6, 6.07) is 7.29. The summed E-state index contributed by atoms with van der Waals surface area (Å²) >= 11 is 0. The number of urea groups is 1. The Morgan fingerprint density at radius 1 is 1.13 bits per heavy atom. The van der Waals surface area contributed by atoms with Crippen LogP contribution in [0.5, 0.6) is 0 Å². The lowest BCUT2D eigenvalue weighted by molar-refractivity contribution is -0.121. The second-order valence-electron chi connectivity index (χ2n) is 5.43. The average Bonchev–Trinajstić information content (AvgIpc) is 2.46. The first-order valence-electron chi connectivity index (χ1n) is 7.59. The van der Waals surface area contributed by atoms with Crippen LogP contribution in [-0.2, 0) is 11.3 Å². The molecule has 0 aliphatic carbocycles. The summed E-state index contributed by atoms with van der Waals surface area (Å²) in [6.45, 7) is 5.15. The van der Waals surface area contributed by atoms with E-state index in [9.17, 15) is 9.59 Å². The molecule has 0 atom stereocenters. The van der Waals surface area contributed by atoms with E-state index in [0.29, 0.717) is 13.0 Å². The fourth-order valence-corrected chi connectivity index (χ4v) is 1.85. The Bertz CT molecular complexity index is 477. The van der Waals surface area contributed by atoms with Crippen molar-refractivity contribution in [2.24, 2.45) is 0 Å². The summed E-state index contributed by atoms with van der Waals surface area (Å²) < 4.78 is 0. The minimum absolute atomic E-state index is 0. The molecule has 3 amide bonds. The van der Waals surface area contributed by atoms with Crippen LogP contribution in [-0.4, -0.2) is 31.6 Å². The van der Waals surface area contributed by atoms with Gasteiger partial charge in [0.2, 0.25) is 5.91 Å². The van der Waals surface area contributed by atoms with Crippen molar-refractivity contribution in [2.45, 2.75) is 39.3 Å². The quantitative estimate of drug-likeness (QED) is 0.547. The standard InChI is InChI=1S/C16H26N4O2.ClH/c1-12(2)19-16(22)20-14-8-6-13(7-9-14)11-18-15(21)5-4-10-17-3;/h6-9,12,17H,4-5,10-11H2,1-3H3,(H,18,21)(H2,19,20,22);1H. The number of hydrogen-bond donors (Lipinski definition) is 4. The zero-order chi connectivity index (χ0) is 16.4. The van der Waals surface area contributed by atoms with Crippen molar-refractivity contribution < 1.29 is 9.59 Å². The Kier molecular flexibility index (Phi) is 10.8. The van der Waals surface area contributed by atoms with Crippen LogP contribution < -0.4 is 21.3 Å². The van der Waals surface area contributed by atoms with Crippen molar-refractivity contribution >= 4 is 30.0 Å². The number of halogens is 1. The zero-order valence-electron chi connectivity index (χ0n) is 13.9. The molecule has 0 aliphatic rings. The average molecular weight is 343 g/mol. The predicted molar refractivity (Wildman–Crippen MR) is 96.0 cm³/mol. The summed E-state index contributed by atoms with van der Waals surface area (Å²) in [4.78, 5) is 23.2. The maximum absolute atomic E-state index is 11.6. The normalized spacial score (nSPS) is 9.91. The lowest BCUT2D eigenvalue weighted by Crippen LogP contribution is -2.34. The van der Waals surface area contributed by atoms with Gasteiger partial charge >= 0.3 is 6.03 Å². The summed E-state index contributed by atoms with van der Waals surface area (Å²) in [7, 11) is 1.87. The highest BCUT2D eigenvalue weighted by atomic mass is 35.5. The van der Waals surface area contributed by atoms with Gasteiger partial charge in [0.15, 0.2) is 0 Å². The van der Waals surface area contributed by atoms with Crippen LogP contribution in [0.3, 0.4) is 0 Å². The van der Waals surface area contributed by atoms with E-state index in [2.05, 4.69) is 21.3 Å². The summed E-state index contributed by atoms with van der Waals surface area (Å²) in [5.41, 5.74) is 1.72. The number of anilines is 1. The fraction of sp³-hybridized carbons (Fsp3) is 0.500. The van der Waals surface area contributed by atoms with Gasteiger partial charge in [-0.05, 0) is 51.6 Å². The largest absolute Gasteiger partial charge is 0.352 e. The second-order valence-corrected chi connectivity index (χ2v) is 5.43. The zero-order valence-corrected chi connectivity index (χ0v) is 14.8. The van der Waals surface area contributed by atoms with E-state index in [1.165, 1.54) is 0 Å². The molecule has 0 saturated carbocycles. The van der Waals surface area contributed by atoms with Crippen molar-refractivity contribution in [1.29, 1.82) is 0 Å². The minimum atomic E-state index is -0.222. The SMILES string of the molecule is CNCCCC(=O)NCc1ccc(NC(=O)NC(C)C)cc1.Cl. The van der Waals surface area contributed by atoms with Gasteiger partial charge in [0.1, 0.15) is 0 Å². The molecule has 0 heterocycles. The molecule has 0 radical (unpaired) electrons. The molecule has 130 valence electrons. The van der Waals surface area contributed by atoms with Gasteiger partial charge in [-0.3, -0.25) is 4.79 Å². The van der Waals surface area contributed by atoms with Crippen molar-refractivity contribution in [3.05, 3.63) is 29.8 Å². The first-order chi connectivity index (χ1) is 10.5. The molecule has 1 aromatic rings. The van der Waals surface area contributed by atoms with Gasteiger partial charge in [-0.15, -0.1) is 12.4 Å². The van der Waals surface area contributed by atoms with E-state index in [1.54, 1.807) is 0 Å². The van der Waals surface area contributed by atoms with Crippen LogP contribution >= 0.6 is 12.4 Å². The molecule has 0 aromatic heterocycles. The van der Waals surface area contributed by atoms with E-state index in [1.807, 2.05) is 45.2 Å². The van der Waals surface area contributed by atoms with Crippen LogP contribution in [0, 0.1) is 0 Å². The summed E-state index contributed by atoms with van der Waals surface area (Å²) in [5, 5.41) is 11.4. The van der Waals surface area contributed by atoms with E-state index < -0.39 is 0 Å². The van der Waals surface area contributed by atoms with E-state index in [-0.39, 0.29) is 30.4 Å². The molecule has 1 aromatic carbocycles. The molecule has 0 saturated heterocycles. The number of benzene rings is 1. The Hall–Kier alpha value is -1.79. The van der Waals surface area contributed by atoms with Gasteiger partial charge in [-0.25, -0.2) is 4.79 Å². The fourth-order valence-electron chi connectivity index (χ4n) is 1.85. The third kappa shape index (κ3) is 9.76. The third-order valence-corrected chi connectivity index (χ3v) is 2.95. The molecule has 6 nitrogen and oxygen atoms in total. The van der Waals surface area contributed by atoms with Gasteiger partial charge in [-0.1, -0.05) is 12.1 Å². The minimum Gasteiger partial charge on any atom is -0.352 e. The topological polar surface area (TPSA) is 82.3 Å². The first kappa shape index (κ1) is 21.2. The maximum atomic E-state index is 11.6. The van der Waals surface area contributed by atoms with Gasteiger partial charge in [0.05, 0.1) is 0 Å². The summed E-state index contributed by atoms with van der Waals surface area (Å²) in [6.07, 6.45) is 1.35. The van der Waals surface area contributed by atoms with Crippen molar-refractivity contribution in [3.63, 3.8) is 0 Å². The van der Waals surface area contributed by atoms with Crippen LogP contribution in [0.1, 0.15) is 32.3 Å². The maximum Gasteiger partial charge on any atom is 0.319 e. The second kappa shape index (κ2) is 11.7. The smallest absolute Gasteiger partial charge is 0.319 e. The van der Waals surface area contributed by atoms with Crippen LogP contribution in [0.4, 0.5) is 10.5 Å². The Morgan fingerprint density at radius 2 is 1.78 bits per heavy atom. The van der Waals surface area contributed by atoms with Crippen LogP contribution in [0.2, 0.25) is 0 Å². The third-order valence-electron chi connectivity index (χ3n) is 2.95. The van der Waals surface area contributed by atoms with Gasteiger partial charge in [0, 0.05) is 24.7 Å². The molecule has 0 fully saturated rings. The van der Waals surface area contributed by atoms with E-state index in [0.717, 1.165) is 24.2 Å². The number of rotatable bonds is 8. The lowest BCUT2D eigenvalue weighted by Gasteiger charge is -2.11. The summed E-state index contributed by atoms with van der Waals surface area (Å²) in [5.74, 6) is 0.0498. The van der Waals surface area contributed by atoms with Crippen LogP contribution in [0.15, 0.2) is 24.3 Å². The van der Waals surface area contributed by atoms with Gasteiger partial charge in [0.25, 0.3) is 0 Å². The van der Waals surface area contributed by atoms with Crippen molar-refractivity contribution in [2.75, 3.05) is 18.9 Å². The highest BCUT2D eigenvalue weighted by Crippen LogP contribution is 2.09. The van der Waals surface area contributed by atoms with Crippen LogP contribution in [0.25, 0.3) is 0 Å². The Balaban J connectivity index is 0.00000484.